The average Bonchev–Trinajstić information content (AvgIpc) is 2.06. The number of sulfonamides is 1. The smallest absolute Gasteiger partial charge is 0.233 e. The summed E-state index contributed by atoms with van der Waals surface area (Å²) in [6.45, 7) is 4.99. The average molecular weight is 190 g/mol. The Morgan fingerprint density at radius 3 is 2.50 bits per heavy atom. The van der Waals surface area contributed by atoms with Crippen LogP contribution in [0.15, 0.2) is 12.0 Å². The molecular formula is C7H14N2O2S. The van der Waals surface area contributed by atoms with Crippen LogP contribution in [0.5, 0.6) is 0 Å². The lowest BCUT2D eigenvalue weighted by molar-refractivity contribution is 0.428. The largest absolute Gasteiger partial charge is 0.317 e. The van der Waals surface area contributed by atoms with Gasteiger partial charge < -0.3 is 5.32 Å². The number of piperidine rings is 1. The van der Waals surface area contributed by atoms with Crippen LogP contribution >= 0.6 is 0 Å². The van der Waals surface area contributed by atoms with Gasteiger partial charge in [-0.25, -0.2) is 13.1 Å². The summed E-state index contributed by atoms with van der Waals surface area (Å²) in [5.41, 5.74) is 0. The summed E-state index contributed by atoms with van der Waals surface area (Å²) in [7, 11) is -3.23. The van der Waals surface area contributed by atoms with Crippen LogP contribution < -0.4 is 10.0 Å². The van der Waals surface area contributed by atoms with E-state index in [0.717, 1.165) is 31.3 Å². The van der Waals surface area contributed by atoms with Crippen molar-refractivity contribution in [3.63, 3.8) is 0 Å². The second kappa shape index (κ2) is 4.02. The molecule has 0 saturated carbocycles. The van der Waals surface area contributed by atoms with Crippen molar-refractivity contribution >= 4 is 10.0 Å². The van der Waals surface area contributed by atoms with Gasteiger partial charge in [-0.2, -0.15) is 0 Å². The van der Waals surface area contributed by atoms with Crippen LogP contribution in [-0.2, 0) is 10.0 Å². The minimum atomic E-state index is -3.23. The van der Waals surface area contributed by atoms with Gasteiger partial charge in [-0.3, -0.25) is 0 Å². The van der Waals surface area contributed by atoms with Gasteiger partial charge in [-0.1, -0.05) is 6.58 Å². The van der Waals surface area contributed by atoms with Crippen LogP contribution in [-0.4, -0.2) is 27.5 Å². The van der Waals surface area contributed by atoms with Gasteiger partial charge in [0, 0.05) is 11.4 Å². The van der Waals surface area contributed by atoms with Gasteiger partial charge in [0.05, 0.1) is 0 Å². The molecule has 0 aromatic heterocycles. The molecule has 0 bridgehead atoms. The summed E-state index contributed by atoms with van der Waals surface area (Å²) in [5, 5.41) is 4.11. The molecule has 5 heteroatoms. The van der Waals surface area contributed by atoms with E-state index in [0.29, 0.717) is 0 Å². The minimum Gasteiger partial charge on any atom is -0.317 e. The molecule has 0 aromatic carbocycles. The maximum atomic E-state index is 11.0. The molecule has 4 nitrogen and oxygen atoms in total. The lowest BCUT2D eigenvalue weighted by atomic mass is 10.1. The topological polar surface area (TPSA) is 58.2 Å². The van der Waals surface area contributed by atoms with Gasteiger partial charge in [0.25, 0.3) is 0 Å². The zero-order valence-corrected chi connectivity index (χ0v) is 7.73. The van der Waals surface area contributed by atoms with Gasteiger partial charge in [-0.05, 0) is 25.9 Å². The van der Waals surface area contributed by atoms with Crippen molar-refractivity contribution in [1.82, 2.24) is 10.0 Å². The number of hydrogen-bond acceptors (Lipinski definition) is 3. The third kappa shape index (κ3) is 2.92. The molecule has 0 spiro atoms. The van der Waals surface area contributed by atoms with Crippen LogP contribution in [0.1, 0.15) is 12.8 Å². The molecule has 0 atom stereocenters. The van der Waals surface area contributed by atoms with Crippen LogP contribution in [0.25, 0.3) is 0 Å². The Hall–Kier alpha value is -0.390. The molecule has 1 rings (SSSR count). The maximum absolute atomic E-state index is 11.0. The van der Waals surface area contributed by atoms with E-state index in [1.54, 1.807) is 0 Å². The molecule has 0 aliphatic carbocycles. The van der Waals surface area contributed by atoms with Crippen LogP contribution in [0.3, 0.4) is 0 Å². The quantitative estimate of drug-likeness (QED) is 0.648. The third-order valence-electron chi connectivity index (χ3n) is 1.89. The first-order valence-electron chi connectivity index (χ1n) is 3.99. The molecular weight excluding hydrogens is 176 g/mol. The summed E-state index contributed by atoms with van der Waals surface area (Å²) in [6.07, 6.45) is 1.71. The van der Waals surface area contributed by atoms with Crippen LogP contribution in [0.4, 0.5) is 0 Å². The molecule has 0 radical (unpaired) electrons. The summed E-state index contributed by atoms with van der Waals surface area (Å²) >= 11 is 0. The monoisotopic (exact) mass is 190 g/mol. The van der Waals surface area contributed by atoms with Gasteiger partial charge in [0.15, 0.2) is 0 Å². The van der Waals surface area contributed by atoms with Gasteiger partial charge in [0.2, 0.25) is 10.0 Å². The Morgan fingerprint density at radius 2 is 2.00 bits per heavy atom. The normalized spacial score (nSPS) is 20.7. The van der Waals surface area contributed by atoms with Crippen molar-refractivity contribution in [3.8, 4) is 0 Å². The first-order chi connectivity index (χ1) is 5.64. The van der Waals surface area contributed by atoms with Crippen molar-refractivity contribution in [1.29, 1.82) is 0 Å². The van der Waals surface area contributed by atoms with Crippen molar-refractivity contribution in [2.45, 2.75) is 18.9 Å². The molecule has 0 unspecified atom stereocenters. The van der Waals surface area contributed by atoms with Gasteiger partial charge in [0.1, 0.15) is 0 Å². The Balaban J connectivity index is 2.44. The molecule has 1 aliphatic heterocycles. The highest BCUT2D eigenvalue weighted by atomic mass is 32.2. The fraction of sp³-hybridized carbons (Fsp3) is 0.714. The molecule has 0 aromatic rings. The van der Waals surface area contributed by atoms with Gasteiger partial charge in [-0.15, -0.1) is 0 Å². The van der Waals surface area contributed by atoms with E-state index in [9.17, 15) is 8.42 Å². The Labute approximate surface area is 73.1 Å². The highest BCUT2D eigenvalue weighted by Gasteiger charge is 2.16. The van der Waals surface area contributed by atoms with Crippen LogP contribution in [0.2, 0.25) is 0 Å². The standard InChI is InChI=1S/C7H14N2O2S/c1-2-12(10,11)9-7-3-5-8-6-4-7/h2,7-9H,1,3-6H2. The lowest BCUT2D eigenvalue weighted by Gasteiger charge is -2.22. The number of rotatable bonds is 3. The zero-order valence-electron chi connectivity index (χ0n) is 6.91. The van der Waals surface area contributed by atoms with Crippen molar-refractivity contribution < 1.29 is 8.42 Å². The summed E-state index contributed by atoms with van der Waals surface area (Å²) < 4.78 is 24.6. The van der Waals surface area contributed by atoms with Crippen molar-refractivity contribution in [3.05, 3.63) is 12.0 Å². The Morgan fingerprint density at radius 1 is 1.42 bits per heavy atom. The van der Waals surface area contributed by atoms with Crippen LogP contribution in [0, 0.1) is 0 Å². The highest BCUT2D eigenvalue weighted by Crippen LogP contribution is 2.03. The SMILES string of the molecule is C=CS(=O)(=O)NC1CCNCC1. The predicted octanol–water partition coefficient (Wildman–Crippen LogP) is -0.199. The van der Waals surface area contributed by atoms with E-state index in [4.69, 9.17) is 0 Å². The number of hydrogen-bond donors (Lipinski definition) is 2. The lowest BCUT2D eigenvalue weighted by Crippen LogP contribution is -2.41. The molecule has 12 heavy (non-hydrogen) atoms. The summed E-state index contributed by atoms with van der Waals surface area (Å²) in [5.74, 6) is 0. The van der Waals surface area contributed by atoms with E-state index in [-0.39, 0.29) is 6.04 Å². The first kappa shape index (κ1) is 9.70. The van der Waals surface area contributed by atoms with Crippen molar-refractivity contribution in [2.24, 2.45) is 0 Å². The second-order valence-electron chi connectivity index (χ2n) is 2.85. The Kier molecular flexibility index (Phi) is 3.25. The molecule has 1 heterocycles. The molecule has 1 fully saturated rings. The summed E-state index contributed by atoms with van der Waals surface area (Å²) in [6, 6.07) is 0.0780. The van der Waals surface area contributed by atoms with Gasteiger partial charge >= 0.3 is 0 Å². The second-order valence-corrected chi connectivity index (χ2v) is 4.51. The third-order valence-corrected chi connectivity index (χ3v) is 2.99. The van der Waals surface area contributed by atoms with E-state index < -0.39 is 10.0 Å². The fourth-order valence-electron chi connectivity index (χ4n) is 1.22. The highest BCUT2D eigenvalue weighted by molar-refractivity contribution is 7.92. The molecule has 0 amide bonds. The summed E-state index contributed by atoms with van der Waals surface area (Å²) in [4.78, 5) is 0. The zero-order chi connectivity index (χ0) is 9.03. The molecule has 2 N–H and O–H groups in total. The Bertz CT molecular complexity index is 242. The molecule has 1 saturated heterocycles. The van der Waals surface area contributed by atoms with Crippen molar-refractivity contribution in [2.75, 3.05) is 13.1 Å². The fourth-order valence-corrected chi connectivity index (χ4v) is 2.02. The predicted molar refractivity (Wildman–Crippen MR) is 48.1 cm³/mol. The maximum Gasteiger partial charge on any atom is 0.233 e. The van der Waals surface area contributed by atoms with E-state index >= 15 is 0 Å². The van der Waals surface area contributed by atoms with E-state index in [1.165, 1.54) is 0 Å². The van der Waals surface area contributed by atoms with E-state index in [1.807, 2.05) is 0 Å². The molecule has 70 valence electrons. The minimum absolute atomic E-state index is 0.0780. The molecule has 1 aliphatic rings. The van der Waals surface area contributed by atoms with E-state index in [2.05, 4.69) is 16.6 Å². The first-order valence-corrected chi connectivity index (χ1v) is 5.54. The number of nitrogens with one attached hydrogen (secondary N) is 2.